The highest BCUT2D eigenvalue weighted by Crippen LogP contribution is 2.24. The Morgan fingerprint density at radius 1 is 1.30 bits per heavy atom. The summed E-state index contributed by atoms with van der Waals surface area (Å²) in [7, 11) is -0.425. The monoisotopic (exact) mass is 500 g/mol. The van der Waals surface area contributed by atoms with Gasteiger partial charge in [-0.25, -0.2) is 13.9 Å². The van der Waals surface area contributed by atoms with Gasteiger partial charge < -0.3 is 10.7 Å². The standard InChI is InChI=1S/C10H9N5.C5H8IN3O2S/c11-10-7-3-6(9-4-12-5-13-9)1-2-8(7)14-15-10;1-8(2)12(10,11)9-3-5(6)7-4-9/h1-5H,(H,12,13)(H3,11,14,15);3-4H,1-2H3. The van der Waals surface area contributed by atoms with E-state index < -0.39 is 10.2 Å². The summed E-state index contributed by atoms with van der Waals surface area (Å²) < 4.78 is 25.6. The van der Waals surface area contributed by atoms with Gasteiger partial charge in [0.15, 0.2) is 5.82 Å². The van der Waals surface area contributed by atoms with Gasteiger partial charge in [-0.2, -0.15) is 17.8 Å². The molecule has 4 aromatic rings. The summed E-state index contributed by atoms with van der Waals surface area (Å²) in [5.74, 6) is 0.520. The Morgan fingerprint density at radius 3 is 2.67 bits per heavy atom. The third kappa shape index (κ3) is 4.12. The quantitative estimate of drug-likeness (QED) is 0.366. The van der Waals surface area contributed by atoms with Crippen LogP contribution in [0.2, 0.25) is 0 Å². The van der Waals surface area contributed by atoms with Gasteiger partial charge >= 0.3 is 10.2 Å². The summed E-state index contributed by atoms with van der Waals surface area (Å²) in [6, 6.07) is 5.93. The van der Waals surface area contributed by atoms with Crippen LogP contribution in [0.1, 0.15) is 0 Å². The number of fused-ring (bicyclic) bond motifs is 1. The van der Waals surface area contributed by atoms with E-state index in [2.05, 4.69) is 25.1 Å². The predicted octanol–water partition coefficient (Wildman–Crippen LogP) is 1.68. The Hall–Kier alpha value is -2.45. The first-order valence-electron chi connectivity index (χ1n) is 7.64. The van der Waals surface area contributed by atoms with Gasteiger partial charge in [0, 0.05) is 25.0 Å². The molecule has 0 aliphatic rings. The average molecular weight is 500 g/mol. The Labute approximate surface area is 169 Å². The second-order valence-electron chi connectivity index (χ2n) is 5.65. The zero-order valence-corrected chi connectivity index (χ0v) is 17.4. The van der Waals surface area contributed by atoms with Gasteiger partial charge in [-0.1, -0.05) is 6.07 Å². The van der Waals surface area contributed by atoms with Crippen LogP contribution in [0.4, 0.5) is 5.82 Å². The van der Waals surface area contributed by atoms with Crippen molar-refractivity contribution < 1.29 is 8.42 Å². The van der Waals surface area contributed by atoms with Crippen molar-refractivity contribution in [3.05, 3.63) is 46.9 Å². The number of nitrogens with zero attached hydrogens (tertiary/aromatic N) is 5. The van der Waals surface area contributed by atoms with Crippen molar-refractivity contribution in [3.8, 4) is 11.3 Å². The van der Waals surface area contributed by atoms with Crippen molar-refractivity contribution in [2.75, 3.05) is 19.8 Å². The van der Waals surface area contributed by atoms with E-state index in [9.17, 15) is 8.42 Å². The lowest BCUT2D eigenvalue weighted by Gasteiger charge is -2.10. The average Bonchev–Trinajstić information content (AvgIpc) is 3.37. The molecule has 0 bridgehead atoms. The van der Waals surface area contributed by atoms with Gasteiger partial charge in [0.25, 0.3) is 0 Å². The summed E-state index contributed by atoms with van der Waals surface area (Å²) in [4.78, 5) is 10.8. The first-order chi connectivity index (χ1) is 12.8. The van der Waals surface area contributed by atoms with E-state index in [1.165, 1.54) is 26.6 Å². The van der Waals surface area contributed by atoms with Crippen molar-refractivity contribution in [1.82, 2.24) is 33.4 Å². The summed E-state index contributed by atoms with van der Waals surface area (Å²) in [6.07, 6.45) is 6.16. The Kier molecular flexibility index (Phi) is 5.48. The lowest BCUT2D eigenvalue weighted by Crippen LogP contribution is -2.27. The van der Waals surface area contributed by atoms with Crippen molar-refractivity contribution in [2.24, 2.45) is 0 Å². The van der Waals surface area contributed by atoms with Crippen molar-refractivity contribution in [3.63, 3.8) is 0 Å². The zero-order chi connectivity index (χ0) is 19.6. The number of benzene rings is 1. The molecule has 0 saturated heterocycles. The minimum Gasteiger partial charge on any atom is -0.382 e. The molecule has 0 aliphatic carbocycles. The minimum atomic E-state index is -3.37. The minimum absolute atomic E-state index is 0.520. The fourth-order valence-electron chi connectivity index (χ4n) is 2.21. The molecule has 0 amide bonds. The van der Waals surface area contributed by atoms with E-state index in [1.807, 2.05) is 40.8 Å². The third-order valence-electron chi connectivity index (χ3n) is 3.66. The number of nitrogen functional groups attached to an aromatic ring is 1. The van der Waals surface area contributed by atoms with E-state index >= 15 is 0 Å². The highest BCUT2D eigenvalue weighted by molar-refractivity contribution is 14.1. The fourth-order valence-corrected chi connectivity index (χ4v) is 3.60. The van der Waals surface area contributed by atoms with Gasteiger partial charge in [0.1, 0.15) is 10.0 Å². The van der Waals surface area contributed by atoms with Crippen LogP contribution in [0, 0.1) is 3.70 Å². The maximum absolute atomic E-state index is 11.4. The largest absolute Gasteiger partial charge is 0.382 e. The first-order valence-corrected chi connectivity index (χ1v) is 10.1. The van der Waals surface area contributed by atoms with Crippen molar-refractivity contribution >= 4 is 49.5 Å². The van der Waals surface area contributed by atoms with Crippen LogP contribution < -0.4 is 5.73 Å². The Morgan fingerprint density at radius 2 is 2.07 bits per heavy atom. The molecular weight excluding hydrogens is 483 g/mol. The summed E-state index contributed by atoms with van der Waals surface area (Å²) in [5.41, 5.74) is 8.69. The summed E-state index contributed by atoms with van der Waals surface area (Å²) >= 11 is 1.95. The molecule has 0 spiro atoms. The van der Waals surface area contributed by atoms with Gasteiger partial charge in [0.05, 0.1) is 29.9 Å². The molecule has 12 heteroatoms. The van der Waals surface area contributed by atoms with Crippen LogP contribution in [0.15, 0.2) is 43.2 Å². The number of rotatable bonds is 3. The molecule has 0 unspecified atom stereocenters. The van der Waals surface area contributed by atoms with E-state index in [1.54, 1.807) is 12.5 Å². The second-order valence-corrected chi connectivity index (χ2v) is 8.80. The van der Waals surface area contributed by atoms with Crippen molar-refractivity contribution in [1.29, 1.82) is 0 Å². The molecule has 3 heterocycles. The molecule has 0 saturated carbocycles. The van der Waals surface area contributed by atoms with Gasteiger partial charge in [0.2, 0.25) is 0 Å². The number of hydrogen-bond acceptors (Lipinski definition) is 6. The maximum atomic E-state index is 11.4. The Bertz CT molecular complexity index is 1150. The smallest absolute Gasteiger partial charge is 0.308 e. The molecule has 0 atom stereocenters. The molecule has 4 N–H and O–H groups in total. The fraction of sp³-hybridized carbons (Fsp3) is 0.133. The Balaban J connectivity index is 0.000000161. The van der Waals surface area contributed by atoms with E-state index in [0.29, 0.717) is 9.52 Å². The first kappa shape index (κ1) is 19.3. The van der Waals surface area contributed by atoms with E-state index in [4.69, 9.17) is 5.73 Å². The molecule has 27 heavy (non-hydrogen) atoms. The zero-order valence-electron chi connectivity index (χ0n) is 14.5. The van der Waals surface area contributed by atoms with Crippen LogP contribution in [0.25, 0.3) is 22.2 Å². The normalized spacial score (nSPS) is 11.6. The van der Waals surface area contributed by atoms with Crippen LogP contribution in [0.3, 0.4) is 0 Å². The number of H-pyrrole nitrogens is 2. The third-order valence-corrected chi connectivity index (χ3v) is 5.87. The number of aromatic amines is 2. The molecule has 0 aliphatic heterocycles. The van der Waals surface area contributed by atoms with Gasteiger partial charge in [-0.05, 0) is 34.7 Å². The number of anilines is 1. The lowest BCUT2D eigenvalue weighted by atomic mass is 10.1. The topological polar surface area (TPSA) is 139 Å². The van der Waals surface area contributed by atoms with Crippen LogP contribution in [-0.2, 0) is 10.2 Å². The number of imidazole rings is 2. The number of halogens is 1. The predicted molar refractivity (Wildman–Crippen MR) is 111 cm³/mol. The van der Waals surface area contributed by atoms with Gasteiger partial charge in [-0.3, -0.25) is 5.10 Å². The van der Waals surface area contributed by atoms with E-state index in [-0.39, 0.29) is 0 Å². The highest BCUT2D eigenvalue weighted by atomic mass is 127. The molecule has 0 radical (unpaired) electrons. The number of nitrogens with one attached hydrogen (secondary N) is 2. The molecule has 4 rings (SSSR count). The van der Waals surface area contributed by atoms with Crippen LogP contribution in [-0.4, -0.2) is 55.9 Å². The second kappa shape index (κ2) is 7.66. The van der Waals surface area contributed by atoms with Gasteiger partial charge in [-0.15, -0.1) is 0 Å². The molecule has 10 nitrogen and oxygen atoms in total. The van der Waals surface area contributed by atoms with Crippen LogP contribution >= 0.6 is 22.6 Å². The molecule has 142 valence electrons. The molecular formula is C15H17IN8O2S. The highest BCUT2D eigenvalue weighted by Gasteiger charge is 2.15. The number of nitrogens with two attached hydrogens (primary N) is 1. The summed E-state index contributed by atoms with van der Waals surface area (Å²) in [6.45, 7) is 0. The maximum Gasteiger partial charge on any atom is 0.308 e. The van der Waals surface area contributed by atoms with E-state index in [0.717, 1.165) is 30.4 Å². The van der Waals surface area contributed by atoms with Crippen molar-refractivity contribution in [2.45, 2.75) is 0 Å². The molecule has 0 fully saturated rings. The number of aromatic nitrogens is 6. The molecule has 3 aromatic heterocycles. The lowest BCUT2D eigenvalue weighted by molar-refractivity contribution is 0.510. The SMILES string of the molecule is CN(C)S(=O)(=O)n1cnc(I)c1.Nc1n[nH]c2ccc(-c3cnc[nH]3)cc12. The molecule has 1 aromatic carbocycles. The number of hydrogen-bond donors (Lipinski definition) is 3. The summed E-state index contributed by atoms with van der Waals surface area (Å²) in [5, 5.41) is 7.74. The van der Waals surface area contributed by atoms with Crippen LogP contribution in [0.5, 0.6) is 0 Å².